The predicted molar refractivity (Wildman–Crippen MR) is 78.1 cm³/mol. The summed E-state index contributed by atoms with van der Waals surface area (Å²) in [4.78, 5) is 0. The van der Waals surface area contributed by atoms with Crippen molar-refractivity contribution in [2.45, 2.75) is 32.2 Å². The molecule has 0 heterocycles. The van der Waals surface area contributed by atoms with E-state index in [9.17, 15) is 0 Å². The normalized spacial score (nSPS) is 11.1. The highest BCUT2D eigenvalue weighted by Gasteiger charge is 2.36. The van der Waals surface area contributed by atoms with Gasteiger partial charge in [0, 0.05) is 27.4 Å². The summed E-state index contributed by atoms with van der Waals surface area (Å²) >= 11 is 0. The molecule has 0 bridgehead atoms. The Kier molecular flexibility index (Phi) is 16.5. The quantitative estimate of drug-likeness (QED) is 0.432. The van der Waals surface area contributed by atoms with E-state index in [-0.39, 0.29) is 0 Å². The number of nitrogens with one attached hydrogen (secondary N) is 1. The van der Waals surface area contributed by atoms with Crippen LogP contribution in [0.5, 0.6) is 0 Å². The molecule has 0 amide bonds. The van der Waals surface area contributed by atoms with Gasteiger partial charge in [0.15, 0.2) is 0 Å². The van der Waals surface area contributed by atoms with Crippen LogP contribution >= 0.6 is 0 Å². The Balaban J connectivity index is 0. The molecular formula is C10H30N2O3Si2. The molecule has 0 fully saturated rings. The van der Waals surface area contributed by atoms with Crippen LogP contribution in [0.1, 0.15) is 26.2 Å². The summed E-state index contributed by atoms with van der Waals surface area (Å²) in [6, 6.07) is 0.871. The Bertz CT molecular complexity index is 141. The zero-order chi connectivity index (χ0) is 13.6. The van der Waals surface area contributed by atoms with Crippen molar-refractivity contribution in [1.29, 1.82) is 0 Å². The molecule has 0 aromatic carbocycles. The van der Waals surface area contributed by atoms with Crippen molar-refractivity contribution in [3.8, 4) is 0 Å². The fourth-order valence-electron chi connectivity index (χ4n) is 1.41. The molecule has 3 N–H and O–H groups in total. The molecule has 0 aromatic rings. The Hall–Kier alpha value is 0.234. The third kappa shape index (κ3) is 9.89. The van der Waals surface area contributed by atoms with Crippen LogP contribution in [0, 0.1) is 0 Å². The molecule has 0 aliphatic carbocycles. The fraction of sp³-hybridized carbons (Fsp3) is 1.00. The highest BCUT2D eigenvalue weighted by Crippen LogP contribution is 2.14. The summed E-state index contributed by atoms with van der Waals surface area (Å²) in [5.74, 6) is 0. The first-order valence-electron chi connectivity index (χ1n) is 6.18. The Morgan fingerprint density at radius 3 is 1.88 bits per heavy atom. The third-order valence-corrected chi connectivity index (χ3v) is 5.31. The van der Waals surface area contributed by atoms with Crippen LogP contribution < -0.4 is 10.7 Å². The van der Waals surface area contributed by atoms with Gasteiger partial charge in [-0.15, -0.1) is 0 Å². The van der Waals surface area contributed by atoms with Gasteiger partial charge >= 0.3 is 8.80 Å². The van der Waals surface area contributed by atoms with E-state index in [1.807, 2.05) is 0 Å². The van der Waals surface area contributed by atoms with E-state index in [0.29, 0.717) is 0 Å². The molecule has 17 heavy (non-hydrogen) atoms. The molecule has 7 heteroatoms. The second-order valence-corrected chi connectivity index (χ2v) is 6.59. The van der Waals surface area contributed by atoms with Crippen LogP contribution in [0.3, 0.4) is 0 Å². The van der Waals surface area contributed by atoms with Crippen LogP contribution in [-0.4, -0.2) is 53.6 Å². The molecular weight excluding hydrogens is 252 g/mol. The SMILES string of the molecule is CCCCNCCC[Si](OC)(OC)OC.N[SiH3]. The second kappa shape index (κ2) is 14.3. The van der Waals surface area contributed by atoms with Crippen molar-refractivity contribution in [2.75, 3.05) is 34.4 Å². The first-order valence-corrected chi connectivity index (χ1v) is 9.27. The van der Waals surface area contributed by atoms with Gasteiger partial charge in [-0.05, 0) is 25.9 Å². The molecule has 0 radical (unpaired) electrons. The Morgan fingerprint density at radius 1 is 1.00 bits per heavy atom. The van der Waals surface area contributed by atoms with Gasteiger partial charge < -0.3 is 24.0 Å². The van der Waals surface area contributed by atoms with Crippen molar-refractivity contribution in [3.05, 3.63) is 0 Å². The Labute approximate surface area is 110 Å². The van der Waals surface area contributed by atoms with E-state index in [0.717, 1.165) is 36.0 Å². The van der Waals surface area contributed by atoms with Crippen molar-refractivity contribution in [3.63, 3.8) is 0 Å². The summed E-state index contributed by atoms with van der Waals surface area (Å²) in [5, 5.41) is 8.03. The molecule has 0 aromatic heterocycles. The van der Waals surface area contributed by atoms with Crippen molar-refractivity contribution in [2.24, 2.45) is 5.40 Å². The number of hydrogen-bond donors (Lipinski definition) is 2. The van der Waals surface area contributed by atoms with Crippen LogP contribution in [-0.2, 0) is 13.3 Å². The lowest BCUT2D eigenvalue weighted by Gasteiger charge is -2.24. The van der Waals surface area contributed by atoms with Crippen molar-refractivity contribution >= 4 is 19.2 Å². The maximum absolute atomic E-state index is 5.33. The molecule has 0 aliphatic heterocycles. The van der Waals surface area contributed by atoms with Gasteiger partial charge in [0.1, 0.15) is 0 Å². The summed E-state index contributed by atoms with van der Waals surface area (Å²) < 4.78 is 16.0. The first-order chi connectivity index (χ1) is 8.24. The van der Waals surface area contributed by atoms with Gasteiger partial charge in [0.25, 0.3) is 0 Å². The zero-order valence-electron chi connectivity index (χ0n) is 12.0. The third-order valence-electron chi connectivity index (χ3n) is 2.48. The average Bonchev–Trinajstić information content (AvgIpc) is 2.41. The molecule has 0 rings (SSSR count). The van der Waals surface area contributed by atoms with Gasteiger partial charge in [-0.2, -0.15) is 0 Å². The summed E-state index contributed by atoms with van der Waals surface area (Å²) in [6.45, 7) is 4.29. The second-order valence-electron chi connectivity index (χ2n) is 3.50. The Morgan fingerprint density at radius 2 is 1.47 bits per heavy atom. The fourth-order valence-corrected chi connectivity index (χ4v) is 3.14. The smallest absolute Gasteiger partial charge is 0.377 e. The van der Waals surface area contributed by atoms with Crippen LogP contribution in [0.2, 0.25) is 6.04 Å². The largest absolute Gasteiger partial charge is 0.500 e. The first kappa shape index (κ1) is 19.6. The topological polar surface area (TPSA) is 65.7 Å². The number of hydrogen-bond acceptors (Lipinski definition) is 5. The van der Waals surface area contributed by atoms with Crippen LogP contribution in [0.25, 0.3) is 0 Å². The van der Waals surface area contributed by atoms with E-state index in [1.54, 1.807) is 21.3 Å². The number of nitrogens with two attached hydrogens (primary N) is 1. The molecule has 0 saturated heterocycles. The van der Waals surface area contributed by atoms with Crippen LogP contribution in [0.15, 0.2) is 0 Å². The van der Waals surface area contributed by atoms with Crippen molar-refractivity contribution in [1.82, 2.24) is 5.32 Å². The summed E-state index contributed by atoms with van der Waals surface area (Å²) in [7, 11) is 3.45. The van der Waals surface area contributed by atoms with Gasteiger partial charge in [-0.25, -0.2) is 0 Å². The van der Waals surface area contributed by atoms with Gasteiger partial charge in [-0.3, -0.25) is 0 Å². The standard InChI is InChI=1S/C10H25NO3Si.H5NSi/c1-5-6-8-11-9-7-10-15(12-2,13-3)14-4;1-2/h11H,5-10H2,1-4H3;1H2,2H3. The lowest BCUT2D eigenvalue weighted by molar-refractivity contribution is 0.123. The van der Waals surface area contributed by atoms with E-state index in [2.05, 4.69) is 17.6 Å². The van der Waals surface area contributed by atoms with E-state index < -0.39 is 8.80 Å². The highest BCUT2D eigenvalue weighted by molar-refractivity contribution is 6.60. The zero-order valence-corrected chi connectivity index (χ0v) is 15.0. The number of unbranched alkanes of at least 4 members (excludes halogenated alkanes) is 1. The number of rotatable bonds is 10. The minimum Gasteiger partial charge on any atom is -0.377 e. The maximum Gasteiger partial charge on any atom is 0.500 e. The van der Waals surface area contributed by atoms with Gasteiger partial charge in [0.05, 0.1) is 10.4 Å². The summed E-state index contributed by atoms with van der Waals surface area (Å²) in [5.41, 5.74) is 0. The van der Waals surface area contributed by atoms with E-state index in [1.165, 1.54) is 12.8 Å². The van der Waals surface area contributed by atoms with E-state index >= 15 is 0 Å². The van der Waals surface area contributed by atoms with Crippen molar-refractivity contribution < 1.29 is 13.3 Å². The minimum atomic E-state index is -2.33. The average molecular weight is 283 g/mol. The lowest BCUT2D eigenvalue weighted by Crippen LogP contribution is -2.43. The lowest BCUT2D eigenvalue weighted by atomic mass is 10.3. The minimum absolute atomic E-state index is 0.806. The molecule has 5 nitrogen and oxygen atoms in total. The maximum atomic E-state index is 5.33. The molecule has 0 aliphatic rings. The molecule has 0 unspecified atom stereocenters. The molecule has 0 saturated carbocycles. The van der Waals surface area contributed by atoms with Crippen LogP contribution in [0.4, 0.5) is 0 Å². The molecule has 0 atom stereocenters. The highest BCUT2D eigenvalue weighted by atomic mass is 28.4. The van der Waals surface area contributed by atoms with E-state index in [4.69, 9.17) is 13.3 Å². The monoisotopic (exact) mass is 282 g/mol. The van der Waals surface area contributed by atoms with Gasteiger partial charge in [-0.1, -0.05) is 13.3 Å². The molecule has 106 valence electrons. The van der Waals surface area contributed by atoms with Gasteiger partial charge in [0.2, 0.25) is 0 Å². The summed E-state index contributed by atoms with van der Waals surface area (Å²) in [6.07, 6.45) is 3.51. The predicted octanol–water partition coefficient (Wildman–Crippen LogP) is -0.130. The molecule has 0 spiro atoms.